The highest BCUT2D eigenvalue weighted by Gasteiger charge is 2.01. The van der Waals surface area contributed by atoms with Crippen molar-refractivity contribution in [3.05, 3.63) is 0 Å². The molecule has 0 rings (SSSR count). The fraction of sp³-hybridized carbons (Fsp3) is 0.727. The molecular formula is C11H19NO2. The summed E-state index contributed by atoms with van der Waals surface area (Å²) < 4.78 is 5.14. The van der Waals surface area contributed by atoms with E-state index in [-0.39, 0.29) is 18.6 Å². The minimum Gasteiger partial charge on any atom is -0.369 e. The van der Waals surface area contributed by atoms with E-state index in [0.29, 0.717) is 6.54 Å². The molecule has 0 aromatic rings. The van der Waals surface area contributed by atoms with Gasteiger partial charge in [0, 0.05) is 13.0 Å². The minimum atomic E-state index is -0.0561. The molecule has 0 aliphatic carbocycles. The van der Waals surface area contributed by atoms with Crippen LogP contribution < -0.4 is 5.32 Å². The summed E-state index contributed by atoms with van der Waals surface area (Å²) in [6.07, 6.45) is 7.86. The molecule has 0 atom stereocenters. The van der Waals surface area contributed by atoms with Crippen molar-refractivity contribution in [2.45, 2.75) is 39.2 Å². The molecule has 14 heavy (non-hydrogen) atoms. The SMILES string of the molecule is C#CCCCCNC(=O)COC(C)C. The normalized spacial score (nSPS) is 9.86. The molecule has 0 unspecified atom stereocenters. The fourth-order valence-electron chi connectivity index (χ4n) is 0.873. The van der Waals surface area contributed by atoms with Gasteiger partial charge >= 0.3 is 0 Å². The van der Waals surface area contributed by atoms with Crippen LogP contribution in [0.15, 0.2) is 0 Å². The van der Waals surface area contributed by atoms with Crippen LogP contribution in [0.1, 0.15) is 33.1 Å². The van der Waals surface area contributed by atoms with E-state index in [1.165, 1.54) is 0 Å². The lowest BCUT2D eigenvalue weighted by Crippen LogP contribution is -2.29. The Hall–Kier alpha value is -1.01. The summed E-state index contributed by atoms with van der Waals surface area (Å²) in [6, 6.07) is 0. The third-order valence-electron chi connectivity index (χ3n) is 1.62. The number of amides is 1. The quantitative estimate of drug-likeness (QED) is 0.494. The number of rotatable bonds is 7. The predicted octanol–water partition coefficient (Wildman–Crippen LogP) is 1.33. The summed E-state index contributed by atoms with van der Waals surface area (Å²) in [7, 11) is 0. The van der Waals surface area contributed by atoms with Crippen molar-refractivity contribution in [2.75, 3.05) is 13.2 Å². The Kier molecular flexibility index (Phi) is 7.96. The third kappa shape index (κ3) is 9.08. The zero-order valence-electron chi connectivity index (χ0n) is 9.01. The van der Waals surface area contributed by atoms with E-state index in [4.69, 9.17) is 11.2 Å². The molecule has 0 bridgehead atoms. The molecule has 3 heteroatoms. The topological polar surface area (TPSA) is 38.3 Å². The van der Waals surface area contributed by atoms with Crippen LogP contribution in [0.2, 0.25) is 0 Å². The Balaban J connectivity index is 3.24. The monoisotopic (exact) mass is 197 g/mol. The van der Waals surface area contributed by atoms with E-state index in [1.54, 1.807) is 0 Å². The van der Waals surface area contributed by atoms with Crippen LogP contribution in [-0.4, -0.2) is 25.2 Å². The van der Waals surface area contributed by atoms with E-state index in [0.717, 1.165) is 19.3 Å². The molecule has 0 heterocycles. The van der Waals surface area contributed by atoms with Crippen molar-refractivity contribution in [3.8, 4) is 12.3 Å². The first kappa shape index (κ1) is 13.0. The average Bonchev–Trinajstić information content (AvgIpc) is 2.14. The third-order valence-corrected chi connectivity index (χ3v) is 1.62. The van der Waals surface area contributed by atoms with Crippen LogP contribution >= 0.6 is 0 Å². The van der Waals surface area contributed by atoms with Crippen LogP contribution in [0.4, 0.5) is 0 Å². The first-order valence-electron chi connectivity index (χ1n) is 4.98. The van der Waals surface area contributed by atoms with Crippen LogP contribution in [0, 0.1) is 12.3 Å². The number of terminal acetylenes is 1. The summed E-state index contributed by atoms with van der Waals surface area (Å²) in [6.45, 7) is 4.63. The van der Waals surface area contributed by atoms with Gasteiger partial charge in [0.25, 0.3) is 0 Å². The molecule has 0 aliphatic heterocycles. The van der Waals surface area contributed by atoms with Crippen molar-refractivity contribution in [2.24, 2.45) is 0 Å². The zero-order valence-corrected chi connectivity index (χ0v) is 9.01. The number of ether oxygens (including phenoxy) is 1. The second-order valence-corrected chi connectivity index (χ2v) is 3.37. The molecular weight excluding hydrogens is 178 g/mol. The van der Waals surface area contributed by atoms with Gasteiger partial charge < -0.3 is 10.1 Å². The molecule has 0 saturated heterocycles. The van der Waals surface area contributed by atoms with Crippen molar-refractivity contribution >= 4 is 5.91 Å². The molecule has 0 saturated carbocycles. The Morgan fingerprint density at radius 2 is 2.21 bits per heavy atom. The van der Waals surface area contributed by atoms with Gasteiger partial charge in [-0.15, -0.1) is 12.3 Å². The van der Waals surface area contributed by atoms with Crippen molar-refractivity contribution in [1.29, 1.82) is 0 Å². The second kappa shape index (κ2) is 8.58. The van der Waals surface area contributed by atoms with E-state index in [1.807, 2.05) is 13.8 Å². The lowest BCUT2D eigenvalue weighted by molar-refractivity contribution is -0.127. The highest BCUT2D eigenvalue weighted by Crippen LogP contribution is 1.91. The van der Waals surface area contributed by atoms with Crippen molar-refractivity contribution in [3.63, 3.8) is 0 Å². The van der Waals surface area contributed by atoms with Gasteiger partial charge in [0.1, 0.15) is 6.61 Å². The van der Waals surface area contributed by atoms with E-state index >= 15 is 0 Å². The van der Waals surface area contributed by atoms with Crippen LogP contribution in [-0.2, 0) is 9.53 Å². The highest BCUT2D eigenvalue weighted by molar-refractivity contribution is 5.77. The fourth-order valence-corrected chi connectivity index (χ4v) is 0.873. The van der Waals surface area contributed by atoms with Gasteiger partial charge in [0.15, 0.2) is 0 Å². The summed E-state index contributed by atoms with van der Waals surface area (Å²) in [5.41, 5.74) is 0. The molecule has 0 spiro atoms. The van der Waals surface area contributed by atoms with Gasteiger partial charge in [-0.2, -0.15) is 0 Å². The molecule has 0 radical (unpaired) electrons. The maximum atomic E-state index is 11.1. The van der Waals surface area contributed by atoms with Crippen LogP contribution in [0.25, 0.3) is 0 Å². The Morgan fingerprint density at radius 1 is 1.50 bits per heavy atom. The zero-order chi connectivity index (χ0) is 10.8. The number of hydrogen-bond donors (Lipinski definition) is 1. The van der Waals surface area contributed by atoms with Crippen molar-refractivity contribution in [1.82, 2.24) is 5.32 Å². The van der Waals surface area contributed by atoms with E-state index < -0.39 is 0 Å². The van der Waals surface area contributed by atoms with Gasteiger partial charge in [0.2, 0.25) is 5.91 Å². The number of nitrogens with one attached hydrogen (secondary N) is 1. The van der Waals surface area contributed by atoms with Gasteiger partial charge in [-0.05, 0) is 26.7 Å². The predicted molar refractivity (Wildman–Crippen MR) is 56.8 cm³/mol. The minimum absolute atomic E-state index is 0.0561. The van der Waals surface area contributed by atoms with Gasteiger partial charge in [-0.3, -0.25) is 4.79 Å². The standard InChI is InChI=1S/C11H19NO2/c1-4-5-6-7-8-12-11(13)9-14-10(2)3/h1,10H,5-9H2,2-3H3,(H,12,13). The molecule has 0 aromatic carbocycles. The van der Waals surface area contributed by atoms with Gasteiger partial charge in [-0.25, -0.2) is 0 Å². The summed E-state index contributed by atoms with van der Waals surface area (Å²) in [5.74, 6) is 2.50. The maximum Gasteiger partial charge on any atom is 0.246 e. The number of carbonyl (C=O) groups excluding carboxylic acids is 1. The molecule has 1 N–H and O–H groups in total. The number of unbranched alkanes of at least 4 members (excludes halogenated alkanes) is 2. The Bertz CT molecular complexity index is 194. The smallest absolute Gasteiger partial charge is 0.246 e. The lowest BCUT2D eigenvalue weighted by Gasteiger charge is -2.07. The van der Waals surface area contributed by atoms with E-state index in [9.17, 15) is 4.79 Å². The molecule has 3 nitrogen and oxygen atoms in total. The molecule has 0 aliphatic rings. The lowest BCUT2D eigenvalue weighted by atomic mass is 10.2. The summed E-state index contributed by atoms with van der Waals surface area (Å²) in [4.78, 5) is 11.1. The molecule has 0 fully saturated rings. The van der Waals surface area contributed by atoms with Gasteiger partial charge in [-0.1, -0.05) is 0 Å². The molecule has 0 aromatic heterocycles. The molecule has 1 amide bonds. The van der Waals surface area contributed by atoms with Gasteiger partial charge in [0.05, 0.1) is 6.10 Å². The maximum absolute atomic E-state index is 11.1. The van der Waals surface area contributed by atoms with Crippen LogP contribution in [0.5, 0.6) is 0 Å². The van der Waals surface area contributed by atoms with E-state index in [2.05, 4.69) is 11.2 Å². The largest absolute Gasteiger partial charge is 0.369 e. The first-order valence-corrected chi connectivity index (χ1v) is 4.98. The average molecular weight is 197 g/mol. The highest BCUT2D eigenvalue weighted by atomic mass is 16.5. The summed E-state index contributed by atoms with van der Waals surface area (Å²) in [5, 5.41) is 2.76. The Labute approximate surface area is 86.2 Å². The molecule has 80 valence electrons. The Morgan fingerprint density at radius 3 is 2.79 bits per heavy atom. The second-order valence-electron chi connectivity index (χ2n) is 3.37. The number of carbonyl (C=O) groups is 1. The number of hydrogen-bond acceptors (Lipinski definition) is 2. The first-order chi connectivity index (χ1) is 6.66. The van der Waals surface area contributed by atoms with Crippen molar-refractivity contribution < 1.29 is 9.53 Å². The van der Waals surface area contributed by atoms with Crippen LogP contribution in [0.3, 0.4) is 0 Å². The summed E-state index contributed by atoms with van der Waals surface area (Å²) >= 11 is 0.